The van der Waals surface area contributed by atoms with E-state index in [0.717, 1.165) is 27.9 Å². The molecule has 1 amide bonds. The summed E-state index contributed by atoms with van der Waals surface area (Å²) in [6.45, 7) is 3.04. The predicted octanol–water partition coefficient (Wildman–Crippen LogP) is 0.0974. The van der Waals surface area contributed by atoms with Gasteiger partial charge in [-0.2, -0.15) is 0 Å². The summed E-state index contributed by atoms with van der Waals surface area (Å²) >= 11 is 16.2. The Hall–Kier alpha value is -1.86. The molecule has 0 radical (unpaired) electrons. The van der Waals surface area contributed by atoms with Crippen LogP contribution in [0.4, 0.5) is 0 Å². The van der Waals surface area contributed by atoms with Gasteiger partial charge in [-0.1, -0.05) is 34.8 Å². The summed E-state index contributed by atoms with van der Waals surface area (Å²) in [5.41, 5.74) is 1.75. The number of hydroxylamine groups is 1. The molecular weight excluding hydrogens is 477 g/mol. The maximum atomic E-state index is 12.2. The number of esters is 4. The summed E-state index contributed by atoms with van der Waals surface area (Å²) < 4.78 is 22.7. The van der Waals surface area contributed by atoms with Crippen LogP contribution in [0.2, 0.25) is 0 Å². The van der Waals surface area contributed by atoms with Crippen LogP contribution in [0, 0.1) is 0 Å². The Bertz CT molecular complexity index is 696. The van der Waals surface area contributed by atoms with Crippen LogP contribution in [0.5, 0.6) is 0 Å². The highest BCUT2D eigenvalue weighted by Gasteiger charge is 2.55. The van der Waals surface area contributed by atoms with Gasteiger partial charge in [0.2, 0.25) is 6.29 Å². The number of carbonyl (C=O) groups is 5. The van der Waals surface area contributed by atoms with Gasteiger partial charge in [0, 0.05) is 20.8 Å². The molecule has 1 saturated heterocycles. The molecule has 1 aliphatic rings. The van der Waals surface area contributed by atoms with Crippen LogP contribution in [0.1, 0.15) is 20.8 Å². The number of alkyl halides is 3. The Labute approximate surface area is 185 Å². The van der Waals surface area contributed by atoms with Crippen molar-refractivity contribution < 1.29 is 52.5 Å². The first kappa shape index (κ1) is 26.2. The maximum absolute atomic E-state index is 12.2. The van der Waals surface area contributed by atoms with E-state index in [2.05, 4.69) is 4.74 Å². The lowest BCUT2D eigenvalue weighted by Gasteiger charge is -2.42. The van der Waals surface area contributed by atoms with Crippen molar-refractivity contribution in [3.8, 4) is 0 Å². The fraction of sp³-hybridized carbons (Fsp3) is 0.667. The monoisotopic (exact) mass is 493 g/mol. The molecule has 0 unspecified atom stereocenters. The number of hydrogen-bond donors (Lipinski definition) is 1. The molecule has 170 valence electrons. The first-order valence-electron chi connectivity index (χ1n) is 8.05. The zero-order valence-electron chi connectivity index (χ0n) is 16.0. The number of amides is 1. The smallest absolute Gasteiger partial charge is 0.339 e. The molecule has 1 N–H and O–H groups in total. The third-order valence-electron chi connectivity index (χ3n) is 3.36. The van der Waals surface area contributed by atoms with Crippen molar-refractivity contribution in [2.45, 2.75) is 55.3 Å². The van der Waals surface area contributed by atoms with Gasteiger partial charge in [-0.15, -0.1) is 0 Å². The fourth-order valence-corrected chi connectivity index (χ4v) is 2.46. The van der Waals surface area contributed by atoms with E-state index in [1.807, 2.05) is 0 Å². The fourth-order valence-electron chi connectivity index (χ4n) is 2.34. The topological polar surface area (TPSA) is 153 Å². The number of carbonyl (C=O) groups excluding carboxylic acids is 5. The van der Waals surface area contributed by atoms with Crippen molar-refractivity contribution in [3.63, 3.8) is 0 Å². The van der Waals surface area contributed by atoms with E-state index in [9.17, 15) is 24.0 Å². The van der Waals surface area contributed by atoms with Gasteiger partial charge in [0.05, 0.1) is 7.11 Å². The Morgan fingerprint density at radius 3 is 1.73 bits per heavy atom. The van der Waals surface area contributed by atoms with E-state index in [1.165, 1.54) is 0 Å². The van der Waals surface area contributed by atoms with Crippen LogP contribution < -0.4 is 5.48 Å². The summed E-state index contributed by atoms with van der Waals surface area (Å²) in [6, 6.07) is 0. The number of hydrogen-bond acceptors (Lipinski definition) is 11. The predicted molar refractivity (Wildman–Crippen MR) is 96.9 cm³/mol. The van der Waals surface area contributed by atoms with Crippen LogP contribution >= 0.6 is 34.8 Å². The molecule has 1 heterocycles. The molecule has 1 fully saturated rings. The van der Waals surface area contributed by atoms with E-state index in [-0.39, 0.29) is 0 Å². The number of nitrogens with one attached hydrogen (secondary N) is 1. The average Bonchev–Trinajstić information content (AvgIpc) is 2.60. The van der Waals surface area contributed by atoms with Gasteiger partial charge in [-0.05, 0) is 0 Å². The first-order valence-corrected chi connectivity index (χ1v) is 9.19. The van der Waals surface area contributed by atoms with Gasteiger partial charge in [-0.25, -0.2) is 15.1 Å². The minimum Gasteiger partial charge on any atom is -0.467 e. The van der Waals surface area contributed by atoms with Crippen molar-refractivity contribution in [3.05, 3.63) is 0 Å². The third kappa shape index (κ3) is 7.43. The van der Waals surface area contributed by atoms with Crippen molar-refractivity contribution in [2.24, 2.45) is 0 Å². The summed E-state index contributed by atoms with van der Waals surface area (Å²) in [5, 5.41) is 0. The van der Waals surface area contributed by atoms with Gasteiger partial charge >= 0.3 is 23.9 Å². The molecule has 0 aromatic heterocycles. The van der Waals surface area contributed by atoms with Gasteiger partial charge in [0.1, 0.15) is 0 Å². The molecule has 15 heteroatoms. The lowest BCUT2D eigenvalue weighted by Crippen LogP contribution is -2.64. The third-order valence-corrected chi connectivity index (χ3v) is 3.87. The molecule has 1 aliphatic heterocycles. The van der Waals surface area contributed by atoms with Gasteiger partial charge in [-0.3, -0.25) is 19.2 Å². The van der Waals surface area contributed by atoms with E-state index in [4.69, 9.17) is 58.6 Å². The van der Waals surface area contributed by atoms with Crippen molar-refractivity contribution in [1.29, 1.82) is 0 Å². The molecule has 12 nitrogen and oxygen atoms in total. The molecule has 0 saturated carbocycles. The number of rotatable bonds is 6. The molecule has 30 heavy (non-hydrogen) atoms. The lowest BCUT2D eigenvalue weighted by molar-refractivity contribution is -0.312. The zero-order chi connectivity index (χ0) is 23.2. The molecule has 5 atom stereocenters. The maximum Gasteiger partial charge on any atom is 0.339 e. The van der Waals surface area contributed by atoms with Crippen LogP contribution in [0.3, 0.4) is 0 Å². The second kappa shape index (κ2) is 11.0. The number of methoxy groups -OCH3 is 1. The largest absolute Gasteiger partial charge is 0.467 e. The summed E-state index contributed by atoms with van der Waals surface area (Å²) in [4.78, 5) is 63.6. The second-order valence-electron chi connectivity index (χ2n) is 5.72. The molecule has 0 bridgehead atoms. The highest BCUT2D eigenvalue weighted by atomic mass is 35.6. The lowest BCUT2D eigenvalue weighted by atomic mass is 9.98. The molecule has 1 rings (SSSR count). The summed E-state index contributed by atoms with van der Waals surface area (Å²) in [6.07, 6.45) is -8.28. The Kier molecular flexibility index (Phi) is 9.56. The molecular formula is C15H18Cl3NO11. The second-order valence-corrected chi connectivity index (χ2v) is 8.00. The van der Waals surface area contributed by atoms with E-state index >= 15 is 0 Å². The Balaban J connectivity index is 3.34. The van der Waals surface area contributed by atoms with Gasteiger partial charge < -0.3 is 23.7 Å². The summed E-state index contributed by atoms with van der Waals surface area (Å²) in [5.74, 6) is -4.96. The minimum atomic E-state index is -2.43. The van der Waals surface area contributed by atoms with E-state index < -0.39 is 64.3 Å². The quantitative estimate of drug-likeness (QED) is 0.231. The van der Waals surface area contributed by atoms with Gasteiger partial charge in [0.15, 0.2) is 24.4 Å². The van der Waals surface area contributed by atoms with Crippen LogP contribution in [0.15, 0.2) is 0 Å². The van der Waals surface area contributed by atoms with Crippen molar-refractivity contribution in [1.82, 2.24) is 5.48 Å². The average molecular weight is 495 g/mol. The number of halogens is 3. The minimum absolute atomic E-state index is 0.875. The van der Waals surface area contributed by atoms with Gasteiger partial charge in [0.25, 0.3) is 9.70 Å². The normalized spacial score (nSPS) is 26.2. The Morgan fingerprint density at radius 1 is 0.833 bits per heavy atom. The first-order chi connectivity index (χ1) is 13.8. The van der Waals surface area contributed by atoms with Crippen molar-refractivity contribution >= 4 is 64.6 Å². The molecule has 0 spiro atoms. The van der Waals surface area contributed by atoms with Crippen LogP contribution in [-0.2, 0) is 52.5 Å². The van der Waals surface area contributed by atoms with E-state index in [0.29, 0.717) is 0 Å². The molecule has 0 aromatic carbocycles. The van der Waals surface area contributed by atoms with Crippen LogP contribution in [0.25, 0.3) is 0 Å². The highest BCUT2D eigenvalue weighted by molar-refractivity contribution is 6.76. The number of ether oxygens (including phenoxy) is 5. The SMILES string of the molecule is COC(=O)[C@H]1O[C@H](ONC(=O)C(Cl)(Cl)Cl)[C@H](OC(C)=O)[C@@H](OC(C)=O)[C@@H]1OC(C)=O. The standard InChI is InChI=1S/C15H18Cl3NO11/c1-5(20)26-8-9(27-6(2)21)11(28-7(3)22)13(29-10(8)12(23)25-4)30-19-14(24)15(16,17)18/h8-11,13H,1-4H3,(H,19,24)/t8-,9-,10-,11+,13+/m0/s1. The molecule has 0 aliphatic carbocycles. The molecule has 0 aromatic rings. The van der Waals surface area contributed by atoms with Crippen LogP contribution in [-0.4, -0.2) is 71.4 Å². The van der Waals surface area contributed by atoms with E-state index in [1.54, 1.807) is 5.48 Å². The zero-order valence-corrected chi connectivity index (χ0v) is 18.3. The summed E-state index contributed by atoms with van der Waals surface area (Å²) in [7, 11) is 1.01. The van der Waals surface area contributed by atoms with Crippen molar-refractivity contribution in [2.75, 3.05) is 7.11 Å². The highest BCUT2D eigenvalue weighted by Crippen LogP contribution is 2.31. The Morgan fingerprint density at radius 2 is 1.30 bits per heavy atom.